The van der Waals surface area contributed by atoms with Gasteiger partial charge in [0, 0.05) is 31.9 Å². The maximum atomic E-state index is 12.2. The molecule has 1 aromatic rings. The Morgan fingerprint density at radius 3 is 2.55 bits per heavy atom. The Morgan fingerprint density at radius 1 is 1.26 bits per heavy atom. The molecule has 7 nitrogen and oxygen atoms in total. The van der Waals surface area contributed by atoms with Crippen molar-refractivity contribution in [1.82, 2.24) is 15.5 Å². The molecule has 7 heteroatoms. The van der Waals surface area contributed by atoms with E-state index in [4.69, 9.17) is 4.42 Å². The first-order valence-corrected chi connectivity index (χ1v) is 10.6. The summed E-state index contributed by atoms with van der Waals surface area (Å²) in [6.07, 6.45) is 7.24. The molecule has 0 aliphatic heterocycles. The average Bonchev–Trinajstić information content (AvgIpc) is 3.14. The fourth-order valence-corrected chi connectivity index (χ4v) is 3.06. The lowest BCUT2D eigenvalue weighted by atomic mass is 9.98. The molecule has 168 valence electrons. The van der Waals surface area contributed by atoms with Gasteiger partial charge in [0.05, 0.1) is 24.8 Å². The number of ketones is 1. The van der Waals surface area contributed by atoms with E-state index in [0.29, 0.717) is 30.3 Å². The minimum Gasteiger partial charge on any atom is -0.511 e. The number of Topliss-reactive ketones (excluding diaryl/α,β-unsaturated/α-hetero) is 1. The number of hydrogen-bond acceptors (Lipinski definition) is 6. The lowest BCUT2D eigenvalue weighted by molar-refractivity contribution is -0.124. The number of nitrogens with one attached hydrogen (secondary N) is 2. The third kappa shape index (κ3) is 5.90. The van der Waals surface area contributed by atoms with Gasteiger partial charge in [-0.05, 0) is 29.7 Å². The number of carbonyl (C=O) groups is 2. The predicted octanol–water partition coefficient (Wildman–Crippen LogP) is 4.04. The molecule has 1 amide bonds. The monoisotopic (exact) mass is 427 g/mol. The highest BCUT2D eigenvalue weighted by molar-refractivity contribution is 6.04. The standard InChI is InChI=1S/C22H27N3O4.C2H6/c1-13(2)14-8-16(29-12-14)11-23-18-10-20(27)21(18)24-15-6-5-7-17(19(26)9-15)22(28)25(3)4;1-2/h5-8,12-13,23-24,26H,9-11H2,1-4H3;1-2H3. The summed E-state index contributed by atoms with van der Waals surface area (Å²) in [6, 6.07) is 2.01. The summed E-state index contributed by atoms with van der Waals surface area (Å²) in [5, 5.41) is 16.7. The zero-order valence-corrected chi connectivity index (χ0v) is 19.2. The number of carbonyl (C=O) groups excluding carboxylic acids is 2. The van der Waals surface area contributed by atoms with Crippen molar-refractivity contribution in [1.29, 1.82) is 0 Å². The lowest BCUT2D eigenvalue weighted by Gasteiger charge is -2.25. The molecule has 1 aromatic heterocycles. The van der Waals surface area contributed by atoms with Crippen LogP contribution >= 0.6 is 0 Å². The van der Waals surface area contributed by atoms with E-state index in [1.165, 1.54) is 4.90 Å². The van der Waals surface area contributed by atoms with Crippen molar-refractivity contribution in [3.05, 3.63) is 70.3 Å². The molecule has 0 saturated carbocycles. The Morgan fingerprint density at radius 2 is 1.97 bits per heavy atom. The van der Waals surface area contributed by atoms with E-state index in [9.17, 15) is 14.7 Å². The van der Waals surface area contributed by atoms with E-state index >= 15 is 0 Å². The number of rotatable bonds is 7. The molecular weight excluding hydrogens is 394 g/mol. The summed E-state index contributed by atoms with van der Waals surface area (Å²) in [5.74, 6) is 0.902. The first-order chi connectivity index (χ1) is 14.8. The molecule has 0 spiro atoms. The van der Waals surface area contributed by atoms with Crippen LogP contribution < -0.4 is 10.6 Å². The molecule has 0 bridgehead atoms. The summed E-state index contributed by atoms with van der Waals surface area (Å²) >= 11 is 0. The zero-order valence-electron chi connectivity index (χ0n) is 19.2. The second kappa shape index (κ2) is 10.7. The van der Waals surface area contributed by atoms with Crippen LogP contribution in [0.2, 0.25) is 0 Å². The number of aliphatic hydroxyl groups excluding tert-OH is 1. The summed E-state index contributed by atoms with van der Waals surface area (Å²) in [6.45, 7) is 8.70. The fraction of sp³-hybridized carbons (Fsp3) is 0.417. The normalized spacial score (nSPS) is 15.7. The zero-order chi connectivity index (χ0) is 23.1. The second-order valence-corrected chi connectivity index (χ2v) is 7.72. The van der Waals surface area contributed by atoms with E-state index in [1.807, 2.05) is 19.9 Å². The molecule has 2 aliphatic carbocycles. The van der Waals surface area contributed by atoms with Crippen molar-refractivity contribution in [3.63, 3.8) is 0 Å². The van der Waals surface area contributed by atoms with Gasteiger partial charge in [-0.1, -0.05) is 33.8 Å². The Hall–Kier alpha value is -3.22. The molecular formula is C24H33N3O4. The van der Waals surface area contributed by atoms with E-state index in [2.05, 4.69) is 24.5 Å². The third-order valence-corrected chi connectivity index (χ3v) is 4.89. The molecule has 3 N–H and O–H groups in total. The van der Waals surface area contributed by atoms with Crippen molar-refractivity contribution in [2.24, 2.45) is 0 Å². The molecule has 0 atom stereocenters. The number of hydrogen-bond donors (Lipinski definition) is 3. The summed E-state index contributed by atoms with van der Waals surface area (Å²) in [5.41, 5.74) is 3.31. The first kappa shape index (κ1) is 24.1. The van der Waals surface area contributed by atoms with Gasteiger partial charge in [0.2, 0.25) is 0 Å². The topological polar surface area (TPSA) is 94.8 Å². The molecule has 0 aromatic carbocycles. The minimum atomic E-state index is -0.270. The average molecular weight is 428 g/mol. The van der Waals surface area contributed by atoms with Crippen LogP contribution in [0.1, 0.15) is 57.8 Å². The highest BCUT2D eigenvalue weighted by atomic mass is 16.3. The Labute approximate surface area is 184 Å². The number of aliphatic hydroxyl groups is 1. The largest absolute Gasteiger partial charge is 0.511 e. The van der Waals surface area contributed by atoms with Crippen LogP contribution in [0.15, 0.2) is 63.4 Å². The van der Waals surface area contributed by atoms with Crippen molar-refractivity contribution in [2.75, 3.05) is 14.1 Å². The van der Waals surface area contributed by atoms with Crippen LogP contribution in [-0.2, 0) is 16.1 Å². The minimum absolute atomic E-state index is 0.00278. The van der Waals surface area contributed by atoms with Gasteiger partial charge in [0.25, 0.3) is 5.91 Å². The predicted molar refractivity (Wildman–Crippen MR) is 121 cm³/mol. The highest BCUT2D eigenvalue weighted by Crippen LogP contribution is 2.25. The van der Waals surface area contributed by atoms with Gasteiger partial charge in [0.15, 0.2) is 5.78 Å². The first-order valence-electron chi connectivity index (χ1n) is 10.6. The number of amides is 1. The van der Waals surface area contributed by atoms with Crippen LogP contribution in [0.3, 0.4) is 0 Å². The van der Waals surface area contributed by atoms with Gasteiger partial charge in [0.1, 0.15) is 17.2 Å². The lowest BCUT2D eigenvalue weighted by Crippen LogP contribution is -2.36. The third-order valence-electron chi connectivity index (χ3n) is 4.89. The second-order valence-electron chi connectivity index (χ2n) is 7.72. The van der Waals surface area contributed by atoms with E-state index in [0.717, 1.165) is 17.0 Å². The smallest absolute Gasteiger partial charge is 0.256 e. The molecule has 0 saturated heterocycles. The summed E-state index contributed by atoms with van der Waals surface area (Å²) in [7, 11) is 3.26. The van der Waals surface area contributed by atoms with Gasteiger partial charge in [-0.15, -0.1) is 0 Å². The summed E-state index contributed by atoms with van der Waals surface area (Å²) in [4.78, 5) is 25.7. The highest BCUT2D eigenvalue weighted by Gasteiger charge is 2.28. The van der Waals surface area contributed by atoms with E-state index in [-0.39, 0.29) is 29.4 Å². The maximum Gasteiger partial charge on any atom is 0.256 e. The van der Waals surface area contributed by atoms with Gasteiger partial charge in [-0.25, -0.2) is 0 Å². The molecule has 3 rings (SSSR count). The van der Waals surface area contributed by atoms with Crippen molar-refractivity contribution in [2.45, 2.75) is 53.0 Å². The Kier molecular flexibility index (Phi) is 8.30. The van der Waals surface area contributed by atoms with Gasteiger partial charge >= 0.3 is 0 Å². The Balaban J connectivity index is 0.00000166. The van der Waals surface area contributed by atoms with Crippen LogP contribution in [0.5, 0.6) is 0 Å². The van der Waals surface area contributed by atoms with Crippen LogP contribution in [0.25, 0.3) is 0 Å². The van der Waals surface area contributed by atoms with Crippen molar-refractivity contribution < 1.29 is 19.1 Å². The quantitative estimate of drug-likeness (QED) is 0.608. The summed E-state index contributed by atoms with van der Waals surface area (Å²) < 4.78 is 5.56. The molecule has 0 radical (unpaired) electrons. The van der Waals surface area contributed by atoms with Crippen LogP contribution in [0, 0.1) is 0 Å². The van der Waals surface area contributed by atoms with Crippen molar-refractivity contribution >= 4 is 11.7 Å². The van der Waals surface area contributed by atoms with E-state index < -0.39 is 0 Å². The SMILES string of the molecule is CC.CC(C)c1coc(CNC2=C(NC3=CC=CC(C(=O)N(C)C)=C(O)C3)C(=O)C2)c1. The Bertz CT molecular complexity index is 946. The van der Waals surface area contributed by atoms with Crippen LogP contribution in [-0.4, -0.2) is 35.8 Å². The number of furan rings is 1. The number of allylic oxidation sites excluding steroid dienone is 4. The number of likely N-dealkylation sites (N-methyl/N-ethyl adjacent to an activating group) is 1. The molecule has 0 fully saturated rings. The molecule has 1 heterocycles. The van der Waals surface area contributed by atoms with Gasteiger partial charge < -0.3 is 25.1 Å². The number of nitrogens with zero attached hydrogens (tertiary/aromatic N) is 1. The van der Waals surface area contributed by atoms with Gasteiger partial charge in [-0.2, -0.15) is 0 Å². The molecule has 31 heavy (non-hydrogen) atoms. The van der Waals surface area contributed by atoms with E-state index in [1.54, 1.807) is 38.6 Å². The maximum absolute atomic E-state index is 12.2. The van der Waals surface area contributed by atoms with Crippen LogP contribution in [0.4, 0.5) is 0 Å². The van der Waals surface area contributed by atoms with Gasteiger partial charge in [-0.3, -0.25) is 9.59 Å². The molecule has 0 unspecified atom stereocenters. The molecule has 2 aliphatic rings. The fourth-order valence-electron chi connectivity index (χ4n) is 3.06. The van der Waals surface area contributed by atoms with Crippen molar-refractivity contribution in [3.8, 4) is 0 Å².